The van der Waals surface area contributed by atoms with Crippen molar-refractivity contribution in [2.24, 2.45) is 0 Å². The highest BCUT2D eigenvalue weighted by atomic mass is 19.1. The van der Waals surface area contributed by atoms with Gasteiger partial charge in [-0.3, -0.25) is 0 Å². The predicted octanol–water partition coefficient (Wildman–Crippen LogP) is 4.13. The molecule has 1 aliphatic rings. The van der Waals surface area contributed by atoms with E-state index in [9.17, 15) is 8.78 Å². The number of nitrogens with zero attached hydrogens (tertiary/aromatic N) is 1. The van der Waals surface area contributed by atoms with Crippen molar-refractivity contribution in [2.75, 3.05) is 0 Å². The molecule has 0 spiro atoms. The summed E-state index contributed by atoms with van der Waals surface area (Å²) in [6.45, 7) is 4.01. The van der Waals surface area contributed by atoms with Gasteiger partial charge in [0, 0.05) is 23.4 Å². The first-order valence-corrected chi connectivity index (χ1v) is 6.59. The van der Waals surface area contributed by atoms with E-state index in [1.54, 1.807) is 12.3 Å². The zero-order valence-electron chi connectivity index (χ0n) is 11.4. The molecule has 0 fully saturated rings. The molecular weight excluding hydrogens is 260 g/mol. The highest BCUT2D eigenvalue weighted by Gasteiger charge is 2.29. The Labute approximate surface area is 116 Å². The average Bonchev–Trinajstić information content (AvgIpc) is 2.37. The van der Waals surface area contributed by atoms with Crippen LogP contribution in [0.4, 0.5) is 8.78 Å². The third-order valence-electron chi connectivity index (χ3n) is 3.59. The van der Waals surface area contributed by atoms with Crippen LogP contribution in [0.15, 0.2) is 30.5 Å². The predicted molar refractivity (Wildman–Crippen MR) is 72.6 cm³/mol. The molecule has 0 N–H and O–H groups in total. The van der Waals surface area contributed by atoms with E-state index in [1.165, 1.54) is 12.1 Å². The normalized spacial score (nSPS) is 16.4. The number of hydrogen-bond acceptors (Lipinski definition) is 2. The molecule has 0 atom stereocenters. The molecule has 3 rings (SSSR count). The number of hydrogen-bond donors (Lipinski definition) is 0. The Kier molecular flexibility index (Phi) is 2.96. The summed E-state index contributed by atoms with van der Waals surface area (Å²) >= 11 is 0. The molecule has 0 bridgehead atoms. The number of ether oxygens (including phenoxy) is 1. The van der Waals surface area contributed by atoms with Gasteiger partial charge in [-0.05, 0) is 50.5 Å². The molecule has 2 nitrogen and oxygen atoms in total. The standard InChI is InChI=1S/C16H15F2NO/c1-16(2)7-5-13-11(6-8-19-15(13)20-16)12-4-3-10(17)9-14(12)18/h3-4,6,8-9H,5,7H2,1-2H3. The van der Waals surface area contributed by atoms with Crippen LogP contribution < -0.4 is 4.74 Å². The van der Waals surface area contributed by atoms with Crippen LogP contribution in [0.5, 0.6) is 5.88 Å². The van der Waals surface area contributed by atoms with Crippen molar-refractivity contribution in [1.29, 1.82) is 0 Å². The molecule has 1 aromatic heterocycles. The molecule has 20 heavy (non-hydrogen) atoms. The van der Waals surface area contributed by atoms with Gasteiger partial charge in [0.15, 0.2) is 0 Å². The minimum atomic E-state index is -0.577. The van der Waals surface area contributed by atoms with Crippen molar-refractivity contribution in [3.8, 4) is 17.0 Å². The maximum absolute atomic E-state index is 14.0. The van der Waals surface area contributed by atoms with Gasteiger partial charge in [0.05, 0.1) is 0 Å². The molecule has 0 unspecified atom stereocenters. The largest absolute Gasteiger partial charge is 0.471 e. The Bertz CT molecular complexity index is 668. The van der Waals surface area contributed by atoms with Gasteiger partial charge in [0.25, 0.3) is 0 Å². The zero-order chi connectivity index (χ0) is 14.3. The summed E-state index contributed by atoms with van der Waals surface area (Å²) in [6, 6.07) is 5.37. The molecule has 1 aromatic carbocycles. The molecule has 0 saturated carbocycles. The first-order chi connectivity index (χ1) is 9.46. The zero-order valence-corrected chi connectivity index (χ0v) is 11.4. The lowest BCUT2D eigenvalue weighted by atomic mass is 9.91. The van der Waals surface area contributed by atoms with Gasteiger partial charge in [-0.25, -0.2) is 13.8 Å². The summed E-state index contributed by atoms with van der Waals surface area (Å²) in [6.07, 6.45) is 3.20. The molecule has 2 aromatic rings. The minimum absolute atomic E-state index is 0.264. The van der Waals surface area contributed by atoms with Gasteiger partial charge in [0.1, 0.15) is 17.2 Å². The number of fused-ring (bicyclic) bond motifs is 1. The lowest BCUT2D eigenvalue weighted by Gasteiger charge is -2.32. The molecule has 4 heteroatoms. The molecule has 104 valence electrons. The van der Waals surface area contributed by atoms with E-state index in [1.807, 2.05) is 13.8 Å². The van der Waals surface area contributed by atoms with Crippen molar-refractivity contribution >= 4 is 0 Å². The van der Waals surface area contributed by atoms with E-state index in [0.717, 1.165) is 30.0 Å². The van der Waals surface area contributed by atoms with Crippen LogP contribution in [0.1, 0.15) is 25.8 Å². The van der Waals surface area contributed by atoms with Crippen LogP contribution in [-0.4, -0.2) is 10.6 Å². The average molecular weight is 275 g/mol. The first-order valence-electron chi connectivity index (χ1n) is 6.59. The van der Waals surface area contributed by atoms with Crippen molar-refractivity contribution in [3.05, 3.63) is 47.7 Å². The van der Waals surface area contributed by atoms with Crippen molar-refractivity contribution in [3.63, 3.8) is 0 Å². The quantitative estimate of drug-likeness (QED) is 0.780. The van der Waals surface area contributed by atoms with Gasteiger partial charge in [-0.2, -0.15) is 0 Å². The van der Waals surface area contributed by atoms with Crippen LogP contribution in [0.3, 0.4) is 0 Å². The van der Waals surface area contributed by atoms with Gasteiger partial charge in [-0.15, -0.1) is 0 Å². The van der Waals surface area contributed by atoms with Crippen LogP contribution in [0.2, 0.25) is 0 Å². The van der Waals surface area contributed by atoms with E-state index in [0.29, 0.717) is 11.4 Å². The first kappa shape index (κ1) is 13.0. The Morgan fingerprint density at radius 2 is 1.95 bits per heavy atom. The smallest absolute Gasteiger partial charge is 0.217 e. The van der Waals surface area contributed by atoms with Gasteiger partial charge < -0.3 is 4.74 Å². The van der Waals surface area contributed by atoms with E-state index in [2.05, 4.69) is 4.98 Å². The van der Waals surface area contributed by atoms with Crippen LogP contribution >= 0.6 is 0 Å². The maximum Gasteiger partial charge on any atom is 0.217 e. The minimum Gasteiger partial charge on any atom is -0.471 e. The van der Waals surface area contributed by atoms with E-state index in [4.69, 9.17) is 4.74 Å². The lowest BCUT2D eigenvalue weighted by Crippen LogP contribution is -2.33. The van der Waals surface area contributed by atoms with Crippen molar-refractivity contribution in [1.82, 2.24) is 4.98 Å². The van der Waals surface area contributed by atoms with E-state index < -0.39 is 11.6 Å². The number of benzene rings is 1. The molecule has 0 amide bonds. The molecule has 1 aliphatic heterocycles. The van der Waals surface area contributed by atoms with Crippen molar-refractivity contribution in [2.45, 2.75) is 32.3 Å². The fourth-order valence-corrected chi connectivity index (χ4v) is 2.50. The van der Waals surface area contributed by atoms with Crippen LogP contribution in [0.25, 0.3) is 11.1 Å². The summed E-state index contributed by atoms with van der Waals surface area (Å²) in [7, 11) is 0. The Balaban J connectivity index is 2.12. The third-order valence-corrected chi connectivity index (χ3v) is 3.59. The van der Waals surface area contributed by atoms with Gasteiger partial charge in [0.2, 0.25) is 5.88 Å². The monoisotopic (exact) mass is 275 g/mol. The maximum atomic E-state index is 14.0. The summed E-state index contributed by atoms with van der Waals surface area (Å²) < 4.78 is 32.8. The Morgan fingerprint density at radius 3 is 2.70 bits per heavy atom. The molecule has 0 radical (unpaired) electrons. The Hall–Kier alpha value is -1.97. The summed E-state index contributed by atoms with van der Waals surface area (Å²) in [5.74, 6) is -0.600. The highest BCUT2D eigenvalue weighted by molar-refractivity contribution is 5.69. The molecule has 0 saturated heterocycles. The van der Waals surface area contributed by atoms with Gasteiger partial charge >= 0.3 is 0 Å². The highest BCUT2D eigenvalue weighted by Crippen LogP contribution is 2.38. The third kappa shape index (κ3) is 2.26. The second-order valence-corrected chi connectivity index (χ2v) is 5.63. The fourth-order valence-electron chi connectivity index (χ4n) is 2.50. The fraction of sp³-hybridized carbons (Fsp3) is 0.312. The summed E-state index contributed by atoms with van der Waals surface area (Å²) in [5.41, 5.74) is 1.73. The number of pyridine rings is 1. The van der Waals surface area contributed by atoms with Gasteiger partial charge in [-0.1, -0.05) is 0 Å². The molecule has 0 aliphatic carbocycles. The van der Waals surface area contributed by atoms with Crippen LogP contribution in [-0.2, 0) is 6.42 Å². The Morgan fingerprint density at radius 1 is 1.15 bits per heavy atom. The van der Waals surface area contributed by atoms with Crippen LogP contribution in [0, 0.1) is 11.6 Å². The van der Waals surface area contributed by atoms with E-state index >= 15 is 0 Å². The summed E-state index contributed by atoms with van der Waals surface area (Å²) in [5, 5.41) is 0. The van der Waals surface area contributed by atoms with E-state index in [-0.39, 0.29) is 5.60 Å². The number of aromatic nitrogens is 1. The molecular formula is C16H15F2NO. The SMILES string of the molecule is CC1(C)CCc2c(-c3ccc(F)cc3F)ccnc2O1. The number of rotatable bonds is 1. The summed E-state index contributed by atoms with van der Waals surface area (Å²) in [4.78, 5) is 4.23. The second kappa shape index (κ2) is 4.54. The second-order valence-electron chi connectivity index (χ2n) is 5.63. The lowest BCUT2D eigenvalue weighted by molar-refractivity contribution is 0.0785. The number of halogens is 2. The molecule has 2 heterocycles. The topological polar surface area (TPSA) is 22.1 Å². The van der Waals surface area contributed by atoms with Crippen molar-refractivity contribution < 1.29 is 13.5 Å².